The van der Waals surface area contributed by atoms with Crippen molar-refractivity contribution in [1.82, 2.24) is 20.9 Å². The van der Waals surface area contributed by atoms with Crippen LogP contribution >= 0.6 is 24.0 Å². The molecule has 3 N–H and O–H groups in total. The first-order valence-electron chi connectivity index (χ1n) is 8.72. The predicted octanol–water partition coefficient (Wildman–Crippen LogP) is 1.58. The SMILES string of the molecule is C=CCN1CCC(NC(=NCCNC(=O)C(C)C)NCC)CC1.I. The molecule has 140 valence electrons. The van der Waals surface area contributed by atoms with E-state index >= 15 is 0 Å². The van der Waals surface area contributed by atoms with Gasteiger partial charge in [0.2, 0.25) is 5.91 Å². The van der Waals surface area contributed by atoms with Crippen LogP contribution in [0.25, 0.3) is 0 Å². The van der Waals surface area contributed by atoms with Gasteiger partial charge in [-0.3, -0.25) is 14.7 Å². The summed E-state index contributed by atoms with van der Waals surface area (Å²) in [6, 6.07) is 0.458. The molecule has 0 aromatic rings. The summed E-state index contributed by atoms with van der Waals surface area (Å²) in [7, 11) is 0. The average Bonchev–Trinajstić information content (AvgIpc) is 2.53. The van der Waals surface area contributed by atoms with Crippen LogP contribution in [0.1, 0.15) is 33.6 Å². The number of hydrogen-bond acceptors (Lipinski definition) is 3. The molecular formula is C17H34IN5O. The highest BCUT2D eigenvalue weighted by Gasteiger charge is 2.18. The van der Waals surface area contributed by atoms with Crippen LogP contribution in [-0.2, 0) is 4.79 Å². The number of amides is 1. The number of carbonyl (C=O) groups is 1. The summed E-state index contributed by atoms with van der Waals surface area (Å²) in [5, 5.41) is 9.66. The second-order valence-corrected chi connectivity index (χ2v) is 6.21. The zero-order chi connectivity index (χ0) is 17.1. The number of aliphatic imine (C=N–C) groups is 1. The van der Waals surface area contributed by atoms with Gasteiger partial charge in [-0.2, -0.15) is 0 Å². The summed E-state index contributed by atoms with van der Waals surface area (Å²) >= 11 is 0. The molecule has 1 aliphatic rings. The molecule has 1 heterocycles. The Hall–Kier alpha value is -0.830. The lowest BCUT2D eigenvalue weighted by molar-refractivity contribution is -0.123. The second-order valence-electron chi connectivity index (χ2n) is 6.21. The molecule has 1 saturated heterocycles. The quantitative estimate of drug-likeness (QED) is 0.172. The van der Waals surface area contributed by atoms with E-state index in [9.17, 15) is 4.79 Å². The third-order valence-electron chi connectivity index (χ3n) is 3.87. The Bertz CT molecular complexity index is 392. The lowest BCUT2D eigenvalue weighted by Crippen LogP contribution is -2.48. The van der Waals surface area contributed by atoms with E-state index in [4.69, 9.17) is 0 Å². The summed E-state index contributed by atoms with van der Waals surface area (Å²) in [6.45, 7) is 14.8. The smallest absolute Gasteiger partial charge is 0.222 e. The minimum atomic E-state index is 0. The van der Waals surface area contributed by atoms with Gasteiger partial charge in [0.1, 0.15) is 0 Å². The van der Waals surface area contributed by atoms with E-state index in [1.54, 1.807) is 0 Å². The lowest BCUT2D eigenvalue weighted by atomic mass is 10.1. The van der Waals surface area contributed by atoms with E-state index in [0.717, 1.165) is 45.0 Å². The first kappa shape index (κ1) is 23.2. The van der Waals surface area contributed by atoms with Crippen molar-refractivity contribution in [3.8, 4) is 0 Å². The zero-order valence-corrected chi connectivity index (χ0v) is 17.6. The highest BCUT2D eigenvalue weighted by atomic mass is 127. The molecule has 1 rings (SSSR count). The van der Waals surface area contributed by atoms with Crippen molar-refractivity contribution in [2.75, 3.05) is 39.3 Å². The molecule has 7 heteroatoms. The first-order valence-corrected chi connectivity index (χ1v) is 8.72. The molecule has 0 unspecified atom stereocenters. The fraction of sp³-hybridized carbons (Fsp3) is 0.765. The average molecular weight is 451 g/mol. The summed E-state index contributed by atoms with van der Waals surface area (Å²) < 4.78 is 0. The molecule has 24 heavy (non-hydrogen) atoms. The number of nitrogens with zero attached hydrogens (tertiary/aromatic N) is 2. The van der Waals surface area contributed by atoms with Crippen LogP contribution in [0, 0.1) is 5.92 Å². The fourth-order valence-corrected chi connectivity index (χ4v) is 2.51. The van der Waals surface area contributed by atoms with E-state index in [-0.39, 0.29) is 35.8 Å². The summed E-state index contributed by atoms with van der Waals surface area (Å²) in [4.78, 5) is 18.5. The number of halogens is 1. The molecule has 0 atom stereocenters. The van der Waals surface area contributed by atoms with Gasteiger partial charge < -0.3 is 16.0 Å². The van der Waals surface area contributed by atoms with E-state index in [0.29, 0.717) is 19.1 Å². The normalized spacial score (nSPS) is 16.4. The van der Waals surface area contributed by atoms with Gasteiger partial charge in [-0.1, -0.05) is 19.9 Å². The van der Waals surface area contributed by atoms with Gasteiger partial charge in [0, 0.05) is 44.7 Å². The van der Waals surface area contributed by atoms with E-state index in [1.807, 2.05) is 19.9 Å². The summed E-state index contributed by atoms with van der Waals surface area (Å²) in [5.74, 6) is 0.937. The van der Waals surface area contributed by atoms with Crippen molar-refractivity contribution >= 4 is 35.8 Å². The van der Waals surface area contributed by atoms with E-state index < -0.39 is 0 Å². The number of likely N-dealkylation sites (tertiary alicyclic amines) is 1. The van der Waals surface area contributed by atoms with Crippen LogP contribution in [0.3, 0.4) is 0 Å². The maximum atomic E-state index is 11.5. The Morgan fingerprint density at radius 2 is 2.00 bits per heavy atom. The molecule has 1 fully saturated rings. The Kier molecular flexibility index (Phi) is 13.0. The van der Waals surface area contributed by atoms with Crippen LogP contribution in [0.2, 0.25) is 0 Å². The lowest BCUT2D eigenvalue weighted by Gasteiger charge is -2.32. The van der Waals surface area contributed by atoms with Gasteiger partial charge >= 0.3 is 0 Å². The van der Waals surface area contributed by atoms with Crippen molar-refractivity contribution in [3.63, 3.8) is 0 Å². The van der Waals surface area contributed by atoms with Gasteiger partial charge in [0.25, 0.3) is 0 Å². The van der Waals surface area contributed by atoms with Crippen molar-refractivity contribution in [2.45, 2.75) is 39.7 Å². The van der Waals surface area contributed by atoms with Crippen molar-refractivity contribution in [3.05, 3.63) is 12.7 Å². The van der Waals surface area contributed by atoms with Gasteiger partial charge in [0.05, 0.1) is 6.54 Å². The fourth-order valence-electron chi connectivity index (χ4n) is 2.51. The molecule has 6 nitrogen and oxygen atoms in total. The molecule has 0 bridgehead atoms. The maximum absolute atomic E-state index is 11.5. The standard InChI is InChI=1S/C17H33N5O.HI/c1-5-11-22-12-7-15(8-13-22)21-17(18-6-2)20-10-9-19-16(23)14(3)4;/h5,14-15H,1,6-13H2,2-4H3,(H,19,23)(H2,18,20,21);1H. The van der Waals surface area contributed by atoms with Crippen LogP contribution in [0.5, 0.6) is 0 Å². The van der Waals surface area contributed by atoms with Crippen LogP contribution in [0.15, 0.2) is 17.6 Å². The Morgan fingerprint density at radius 1 is 1.33 bits per heavy atom. The molecule has 0 radical (unpaired) electrons. The monoisotopic (exact) mass is 451 g/mol. The molecule has 0 aromatic carbocycles. The second kappa shape index (κ2) is 13.5. The highest BCUT2D eigenvalue weighted by Crippen LogP contribution is 2.09. The third-order valence-corrected chi connectivity index (χ3v) is 3.87. The van der Waals surface area contributed by atoms with Crippen LogP contribution < -0.4 is 16.0 Å². The van der Waals surface area contributed by atoms with Crippen molar-refractivity contribution in [1.29, 1.82) is 0 Å². The Labute approximate surface area is 163 Å². The predicted molar refractivity (Wildman–Crippen MR) is 112 cm³/mol. The minimum Gasteiger partial charge on any atom is -0.357 e. The third kappa shape index (κ3) is 9.46. The molecule has 0 aliphatic carbocycles. The largest absolute Gasteiger partial charge is 0.357 e. The van der Waals surface area contributed by atoms with Crippen LogP contribution in [0.4, 0.5) is 0 Å². The van der Waals surface area contributed by atoms with Gasteiger partial charge in [-0.05, 0) is 19.8 Å². The Balaban J connectivity index is 0.00000529. The van der Waals surface area contributed by atoms with Crippen molar-refractivity contribution in [2.24, 2.45) is 10.9 Å². The number of piperidine rings is 1. The van der Waals surface area contributed by atoms with Crippen molar-refractivity contribution < 1.29 is 4.79 Å². The minimum absolute atomic E-state index is 0. The number of carbonyl (C=O) groups excluding carboxylic acids is 1. The summed E-state index contributed by atoms with van der Waals surface area (Å²) in [6.07, 6.45) is 4.19. The van der Waals surface area contributed by atoms with Crippen LogP contribution in [-0.4, -0.2) is 62.1 Å². The number of guanidine groups is 1. The number of rotatable bonds is 8. The van der Waals surface area contributed by atoms with E-state index in [1.165, 1.54) is 0 Å². The molecule has 0 saturated carbocycles. The molecular weight excluding hydrogens is 417 g/mol. The number of hydrogen-bond donors (Lipinski definition) is 3. The molecule has 1 amide bonds. The summed E-state index contributed by atoms with van der Waals surface area (Å²) in [5.41, 5.74) is 0. The molecule has 0 spiro atoms. The van der Waals surface area contributed by atoms with Gasteiger partial charge in [0.15, 0.2) is 5.96 Å². The van der Waals surface area contributed by atoms with Gasteiger partial charge in [-0.25, -0.2) is 0 Å². The molecule has 0 aromatic heterocycles. The Morgan fingerprint density at radius 3 is 2.54 bits per heavy atom. The number of nitrogens with one attached hydrogen (secondary N) is 3. The van der Waals surface area contributed by atoms with E-state index in [2.05, 4.69) is 39.3 Å². The highest BCUT2D eigenvalue weighted by molar-refractivity contribution is 14.0. The molecule has 1 aliphatic heterocycles. The zero-order valence-electron chi connectivity index (χ0n) is 15.3. The maximum Gasteiger partial charge on any atom is 0.222 e. The first-order chi connectivity index (χ1) is 11.1. The van der Waals surface area contributed by atoms with Gasteiger partial charge in [-0.15, -0.1) is 30.6 Å². The topological polar surface area (TPSA) is 68.8 Å².